The topological polar surface area (TPSA) is 127 Å². The second-order valence-electron chi connectivity index (χ2n) is 6.93. The largest absolute Gasteiger partial charge is 0.490 e. The summed E-state index contributed by atoms with van der Waals surface area (Å²) in [5, 5.41) is 22.3. The number of hydrogen-bond donors (Lipinski definition) is 2. The monoisotopic (exact) mass is 446 g/mol. The van der Waals surface area contributed by atoms with Gasteiger partial charge in [-0.05, 0) is 38.1 Å². The maximum atomic E-state index is 14.4. The van der Waals surface area contributed by atoms with E-state index in [0.717, 1.165) is 6.07 Å². The van der Waals surface area contributed by atoms with E-state index in [9.17, 15) is 9.65 Å². The summed E-state index contributed by atoms with van der Waals surface area (Å²) in [6, 6.07) is 8.72. The number of hydrogen-bond acceptors (Lipinski definition) is 8. The van der Waals surface area contributed by atoms with Crippen molar-refractivity contribution >= 4 is 11.6 Å². The van der Waals surface area contributed by atoms with Crippen molar-refractivity contribution < 1.29 is 23.5 Å². The van der Waals surface area contributed by atoms with Crippen LogP contribution in [0.5, 0.6) is 11.5 Å². The van der Waals surface area contributed by atoms with Crippen LogP contribution in [-0.4, -0.2) is 40.6 Å². The molecule has 162 valence electrons. The fourth-order valence-corrected chi connectivity index (χ4v) is 2.86. The molecule has 0 aliphatic rings. The molecule has 0 saturated carbocycles. The number of aliphatic hydroxyl groups is 1. The molecule has 3 aromatic rings. The Morgan fingerprint density at radius 2 is 2.06 bits per heavy atom. The van der Waals surface area contributed by atoms with E-state index in [-0.39, 0.29) is 47.4 Å². The smallest absolute Gasteiger partial charge is 0.258 e. The van der Waals surface area contributed by atoms with Crippen LogP contribution in [0.4, 0.5) is 4.39 Å². The lowest BCUT2D eigenvalue weighted by atomic mass is 10.1. The summed E-state index contributed by atoms with van der Waals surface area (Å²) in [5.74, 6) is -0.159. The van der Waals surface area contributed by atoms with E-state index in [2.05, 4.69) is 16.2 Å². The van der Waals surface area contributed by atoms with Crippen molar-refractivity contribution in [2.45, 2.75) is 26.0 Å². The number of nitrogens with zero attached hydrogens (tertiary/aromatic N) is 3. The van der Waals surface area contributed by atoms with Crippen molar-refractivity contribution in [2.75, 3.05) is 13.2 Å². The van der Waals surface area contributed by atoms with Crippen LogP contribution in [-0.2, 0) is 0 Å². The van der Waals surface area contributed by atoms with E-state index < -0.39 is 11.9 Å². The summed E-state index contributed by atoms with van der Waals surface area (Å²) in [6.07, 6.45) is -0.0867. The number of aromatic nitrogens is 2. The maximum Gasteiger partial charge on any atom is 0.258 e. The third kappa shape index (κ3) is 5.30. The van der Waals surface area contributed by atoms with E-state index in [1.807, 2.05) is 13.8 Å². The Labute approximate surface area is 183 Å². The van der Waals surface area contributed by atoms with Gasteiger partial charge in [-0.1, -0.05) is 16.8 Å². The van der Waals surface area contributed by atoms with Gasteiger partial charge < -0.3 is 24.8 Å². The SMILES string of the molecule is CC(C)Oc1ccc(-c2nc(-c3cc(F)c(OC[C@@H](N)CO)cc3Cl)no2)cc1C#N. The Morgan fingerprint density at radius 3 is 2.74 bits per heavy atom. The molecule has 0 aliphatic carbocycles. The summed E-state index contributed by atoms with van der Waals surface area (Å²) in [6.45, 7) is 3.35. The molecule has 0 spiro atoms. The predicted molar refractivity (Wildman–Crippen MR) is 111 cm³/mol. The van der Waals surface area contributed by atoms with Crippen LogP contribution in [0, 0.1) is 17.1 Å². The average molecular weight is 447 g/mol. The van der Waals surface area contributed by atoms with Crippen LogP contribution < -0.4 is 15.2 Å². The van der Waals surface area contributed by atoms with Crippen molar-refractivity contribution in [3.63, 3.8) is 0 Å². The lowest BCUT2D eigenvalue weighted by molar-refractivity contribution is 0.202. The minimum Gasteiger partial charge on any atom is -0.490 e. The highest BCUT2D eigenvalue weighted by Crippen LogP contribution is 2.34. The highest BCUT2D eigenvalue weighted by molar-refractivity contribution is 6.33. The second-order valence-corrected chi connectivity index (χ2v) is 7.34. The number of nitriles is 1. The minimum absolute atomic E-state index is 0.0681. The Morgan fingerprint density at radius 1 is 1.29 bits per heavy atom. The highest BCUT2D eigenvalue weighted by Gasteiger charge is 2.18. The Balaban J connectivity index is 1.87. The molecule has 0 unspecified atom stereocenters. The van der Waals surface area contributed by atoms with Gasteiger partial charge in [0.1, 0.15) is 18.4 Å². The Kier molecular flexibility index (Phi) is 7.07. The maximum absolute atomic E-state index is 14.4. The lowest BCUT2D eigenvalue weighted by Gasteiger charge is -2.12. The van der Waals surface area contributed by atoms with Crippen molar-refractivity contribution in [3.05, 3.63) is 46.7 Å². The van der Waals surface area contributed by atoms with Crippen molar-refractivity contribution in [2.24, 2.45) is 5.73 Å². The van der Waals surface area contributed by atoms with E-state index in [1.54, 1.807) is 18.2 Å². The number of ether oxygens (including phenoxy) is 2. The van der Waals surface area contributed by atoms with Gasteiger partial charge in [-0.25, -0.2) is 4.39 Å². The van der Waals surface area contributed by atoms with Gasteiger partial charge in [0.2, 0.25) is 5.82 Å². The van der Waals surface area contributed by atoms with Crippen molar-refractivity contribution in [1.82, 2.24) is 10.1 Å². The van der Waals surface area contributed by atoms with Crippen LogP contribution in [0.25, 0.3) is 22.8 Å². The summed E-state index contributed by atoms with van der Waals surface area (Å²) in [4.78, 5) is 4.26. The molecule has 1 aromatic heterocycles. The summed E-state index contributed by atoms with van der Waals surface area (Å²) in [7, 11) is 0. The fraction of sp³-hybridized carbons (Fsp3) is 0.286. The predicted octanol–water partition coefficient (Wildman–Crippen LogP) is 3.55. The summed E-state index contributed by atoms with van der Waals surface area (Å²) < 4.78 is 30.6. The van der Waals surface area contributed by atoms with E-state index in [1.165, 1.54) is 6.07 Å². The molecule has 8 nitrogen and oxygen atoms in total. The van der Waals surface area contributed by atoms with Crippen molar-refractivity contribution in [3.8, 4) is 40.4 Å². The van der Waals surface area contributed by atoms with Crippen LogP contribution in [0.15, 0.2) is 34.9 Å². The van der Waals surface area contributed by atoms with E-state index in [4.69, 9.17) is 36.4 Å². The van der Waals surface area contributed by atoms with Gasteiger partial charge in [0, 0.05) is 17.2 Å². The van der Waals surface area contributed by atoms with Gasteiger partial charge in [0.15, 0.2) is 11.6 Å². The van der Waals surface area contributed by atoms with Crippen LogP contribution in [0.1, 0.15) is 19.4 Å². The van der Waals surface area contributed by atoms with E-state index in [0.29, 0.717) is 16.9 Å². The zero-order chi connectivity index (χ0) is 22.5. The minimum atomic E-state index is -0.696. The molecule has 0 amide bonds. The van der Waals surface area contributed by atoms with Crippen LogP contribution in [0.2, 0.25) is 5.02 Å². The molecule has 2 aromatic carbocycles. The molecule has 0 fully saturated rings. The quantitative estimate of drug-likeness (QED) is 0.537. The third-order valence-electron chi connectivity index (χ3n) is 4.09. The molecule has 0 aliphatic heterocycles. The number of halogens is 2. The first-order chi connectivity index (χ1) is 14.8. The first kappa shape index (κ1) is 22.5. The fourth-order valence-electron chi connectivity index (χ4n) is 2.62. The summed E-state index contributed by atoms with van der Waals surface area (Å²) >= 11 is 6.25. The second kappa shape index (κ2) is 9.75. The Hall–Kier alpha value is -3.19. The van der Waals surface area contributed by atoms with Crippen molar-refractivity contribution in [1.29, 1.82) is 5.26 Å². The highest BCUT2D eigenvalue weighted by atomic mass is 35.5. The average Bonchev–Trinajstić information content (AvgIpc) is 3.23. The van der Waals surface area contributed by atoms with Gasteiger partial charge in [-0.15, -0.1) is 0 Å². The lowest BCUT2D eigenvalue weighted by Crippen LogP contribution is -2.31. The molecular weight excluding hydrogens is 427 g/mol. The van der Waals surface area contributed by atoms with Gasteiger partial charge in [-0.3, -0.25) is 0 Å². The zero-order valence-electron chi connectivity index (χ0n) is 16.8. The first-order valence-corrected chi connectivity index (χ1v) is 9.73. The zero-order valence-corrected chi connectivity index (χ0v) is 17.6. The first-order valence-electron chi connectivity index (χ1n) is 9.36. The molecule has 1 atom stereocenters. The molecular formula is C21H20ClFN4O4. The van der Waals surface area contributed by atoms with Gasteiger partial charge >= 0.3 is 0 Å². The summed E-state index contributed by atoms with van der Waals surface area (Å²) in [5.41, 5.74) is 6.57. The molecule has 1 heterocycles. The van der Waals surface area contributed by atoms with Crippen LogP contribution in [0.3, 0.4) is 0 Å². The van der Waals surface area contributed by atoms with Gasteiger partial charge in [0.05, 0.1) is 29.3 Å². The molecule has 10 heteroatoms. The number of nitrogens with two attached hydrogens (primary N) is 1. The molecule has 0 saturated heterocycles. The number of aliphatic hydroxyl groups excluding tert-OH is 1. The van der Waals surface area contributed by atoms with Gasteiger partial charge in [-0.2, -0.15) is 10.2 Å². The molecule has 0 bridgehead atoms. The van der Waals surface area contributed by atoms with Crippen LogP contribution >= 0.6 is 11.6 Å². The molecule has 0 radical (unpaired) electrons. The Bertz CT molecular complexity index is 1110. The molecule has 3 rings (SSSR count). The standard InChI is InChI=1S/C21H20ClFN4O4/c1-11(2)30-18-4-3-12(5-13(18)8-24)21-26-20(27-31-21)15-6-17(23)19(7-16(15)22)29-10-14(25)9-28/h3-7,11,14,28H,9-10,25H2,1-2H3/t14-/m0/s1. The number of benzene rings is 2. The van der Waals surface area contributed by atoms with Gasteiger partial charge in [0.25, 0.3) is 5.89 Å². The molecule has 3 N–H and O–H groups in total. The van der Waals surface area contributed by atoms with E-state index >= 15 is 0 Å². The normalized spacial score (nSPS) is 11.9. The number of rotatable bonds is 8. The molecule has 31 heavy (non-hydrogen) atoms. The third-order valence-corrected chi connectivity index (χ3v) is 4.40.